The first kappa shape index (κ1) is 20.4. The largest absolute Gasteiger partial charge is 0.487 e. The maximum absolute atomic E-state index is 12.5. The Hall–Kier alpha value is -3.86. The van der Waals surface area contributed by atoms with Crippen LogP contribution in [0.5, 0.6) is 5.75 Å². The minimum atomic E-state index is -0.156. The third kappa shape index (κ3) is 5.01. The fraction of sp³-hybridized carbons (Fsp3) is 0.154. The van der Waals surface area contributed by atoms with Crippen LogP contribution in [0.25, 0.3) is 11.5 Å². The molecule has 0 atom stereocenters. The van der Waals surface area contributed by atoms with Gasteiger partial charge in [0, 0.05) is 16.8 Å². The molecule has 3 aromatic carbocycles. The lowest BCUT2D eigenvalue weighted by Crippen LogP contribution is -2.11. The second-order valence-electron chi connectivity index (χ2n) is 7.21. The van der Waals surface area contributed by atoms with E-state index < -0.39 is 0 Å². The van der Waals surface area contributed by atoms with Crippen LogP contribution in [0.3, 0.4) is 0 Å². The van der Waals surface area contributed by atoms with Crippen LogP contribution in [-0.4, -0.2) is 10.9 Å². The van der Waals surface area contributed by atoms with Crippen LogP contribution in [0.2, 0.25) is 0 Å². The van der Waals surface area contributed by atoms with E-state index in [1.54, 1.807) is 12.1 Å². The predicted molar refractivity (Wildman–Crippen MR) is 121 cm³/mol. The van der Waals surface area contributed by atoms with Crippen LogP contribution in [0, 0.1) is 6.92 Å². The van der Waals surface area contributed by atoms with Crippen molar-refractivity contribution in [2.24, 2.45) is 0 Å². The van der Waals surface area contributed by atoms with Gasteiger partial charge < -0.3 is 14.5 Å². The van der Waals surface area contributed by atoms with Crippen molar-refractivity contribution in [3.63, 3.8) is 0 Å². The molecular weight excluding hydrogens is 388 g/mol. The molecule has 5 nitrogen and oxygen atoms in total. The number of hydrogen-bond donors (Lipinski definition) is 1. The van der Waals surface area contributed by atoms with Crippen LogP contribution in [0.15, 0.2) is 83.3 Å². The van der Waals surface area contributed by atoms with Crippen molar-refractivity contribution >= 4 is 11.6 Å². The minimum absolute atomic E-state index is 0.156. The number of anilines is 1. The number of amides is 1. The second kappa shape index (κ2) is 9.30. The van der Waals surface area contributed by atoms with E-state index >= 15 is 0 Å². The molecule has 31 heavy (non-hydrogen) atoms. The average Bonchev–Trinajstić information content (AvgIpc) is 3.19. The third-order valence-electron chi connectivity index (χ3n) is 5.03. The number of nitrogens with zero attached hydrogens (tertiary/aromatic N) is 1. The topological polar surface area (TPSA) is 64.4 Å². The van der Waals surface area contributed by atoms with Crippen molar-refractivity contribution in [2.45, 2.75) is 26.9 Å². The quantitative estimate of drug-likeness (QED) is 0.402. The van der Waals surface area contributed by atoms with E-state index in [2.05, 4.69) is 17.2 Å². The Kier molecular flexibility index (Phi) is 6.13. The van der Waals surface area contributed by atoms with Crippen molar-refractivity contribution < 1.29 is 13.9 Å². The Labute approximate surface area is 181 Å². The Balaban J connectivity index is 1.42. The van der Waals surface area contributed by atoms with Gasteiger partial charge in [0.1, 0.15) is 23.8 Å². The summed E-state index contributed by atoms with van der Waals surface area (Å²) in [4.78, 5) is 17.1. The molecule has 0 bridgehead atoms. The maximum Gasteiger partial charge on any atom is 0.255 e. The van der Waals surface area contributed by atoms with Gasteiger partial charge in [-0.05, 0) is 67.4 Å². The molecule has 0 saturated carbocycles. The number of para-hydroxylation sites is 1. The summed E-state index contributed by atoms with van der Waals surface area (Å²) in [5.74, 6) is 1.84. The molecule has 0 aliphatic heterocycles. The number of aromatic nitrogens is 1. The number of hydrogen-bond acceptors (Lipinski definition) is 4. The third-order valence-corrected chi connectivity index (χ3v) is 5.03. The van der Waals surface area contributed by atoms with E-state index in [0.29, 0.717) is 23.8 Å². The number of aryl methyl sites for hydroxylation is 2. The summed E-state index contributed by atoms with van der Waals surface area (Å²) in [6.45, 7) is 4.30. The van der Waals surface area contributed by atoms with Crippen LogP contribution in [0.4, 0.5) is 5.69 Å². The Morgan fingerprint density at radius 2 is 1.68 bits per heavy atom. The monoisotopic (exact) mass is 412 g/mol. The van der Waals surface area contributed by atoms with Gasteiger partial charge in [0.05, 0.1) is 0 Å². The van der Waals surface area contributed by atoms with E-state index in [1.165, 1.54) is 5.56 Å². The first-order valence-corrected chi connectivity index (χ1v) is 10.3. The number of benzene rings is 3. The zero-order chi connectivity index (χ0) is 21.6. The lowest BCUT2D eigenvalue weighted by atomic mass is 10.1. The van der Waals surface area contributed by atoms with Crippen molar-refractivity contribution in [2.75, 3.05) is 5.32 Å². The second-order valence-corrected chi connectivity index (χ2v) is 7.21. The highest BCUT2D eigenvalue weighted by molar-refractivity contribution is 6.04. The number of oxazole rings is 1. The molecule has 0 spiro atoms. The van der Waals surface area contributed by atoms with E-state index in [9.17, 15) is 4.79 Å². The highest BCUT2D eigenvalue weighted by atomic mass is 16.5. The molecule has 4 aromatic rings. The zero-order valence-corrected chi connectivity index (χ0v) is 17.6. The fourth-order valence-corrected chi connectivity index (χ4v) is 3.15. The standard InChI is InChI=1S/C26H24N2O3/c1-3-19-9-15-22(16-10-19)27-25(29)20-11-13-21(14-12-20)26-28-24(18(2)31-26)17-30-23-7-5-4-6-8-23/h4-16H,3,17H2,1-2H3,(H,27,29). The smallest absolute Gasteiger partial charge is 0.255 e. The molecule has 156 valence electrons. The van der Waals surface area contributed by atoms with Gasteiger partial charge in [-0.2, -0.15) is 0 Å². The maximum atomic E-state index is 12.5. The molecule has 0 unspecified atom stereocenters. The molecule has 0 aliphatic carbocycles. The Morgan fingerprint density at radius 1 is 0.968 bits per heavy atom. The summed E-state index contributed by atoms with van der Waals surface area (Å²) in [6.07, 6.45) is 0.968. The van der Waals surface area contributed by atoms with Crippen molar-refractivity contribution in [1.82, 2.24) is 4.98 Å². The molecule has 1 heterocycles. The van der Waals surface area contributed by atoms with Crippen molar-refractivity contribution in [3.05, 3.63) is 101 Å². The molecule has 5 heteroatoms. The summed E-state index contributed by atoms with van der Waals surface area (Å²) >= 11 is 0. The van der Waals surface area contributed by atoms with Gasteiger partial charge in [-0.1, -0.05) is 37.3 Å². The minimum Gasteiger partial charge on any atom is -0.487 e. The first-order chi connectivity index (χ1) is 15.1. The highest BCUT2D eigenvalue weighted by Gasteiger charge is 2.13. The molecule has 1 N–H and O–H groups in total. The summed E-state index contributed by atoms with van der Waals surface area (Å²) in [5.41, 5.74) is 4.13. The van der Waals surface area contributed by atoms with Crippen LogP contribution in [0.1, 0.15) is 34.3 Å². The van der Waals surface area contributed by atoms with Crippen LogP contribution in [-0.2, 0) is 13.0 Å². The van der Waals surface area contributed by atoms with Gasteiger partial charge in [-0.25, -0.2) is 4.98 Å². The van der Waals surface area contributed by atoms with E-state index in [-0.39, 0.29) is 5.91 Å². The Bertz CT molecular complexity index is 1150. The molecular formula is C26H24N2O3. The Morgan fingerprint density at radius 3 is 2.35 bits per heavy atom. The van der Waals surface area contributed by atoms with Crippen molar-refractivity contribution in [1.29, 1.82) is 0 Å². The van der Waals surface area contributed by atoms with E-state index in [4.69, 9.17) is 9.15 Å². The van der Waals surface area contributed by atoms with E-state index in [0.717, 1.165) is 29.1 Å². The van der Waals surface area contributed by atoms with Gasteiger partial charge in [-0.3, -0.25) is 4.79 Å². The molecule has 4 rings (SSSR count). The van der Waals surface area contributed by atoms with Gasteiger partial charge in [-0.15, -0.1) is 0 Å². The van der Waals surface area contributed by atoms with Crippen molar-refractivity contribution in [3.8, 4) is 17.2 Å². The van der Waals surface area contributed by atoms with Crippen LogP contribution < -0.4 is 10.1 Å². The number of nitrogens with one attached hydrogen (secondary N) is 1. The fourth-order valence-electron chi connectivity index (χ4n) is 3.15. The van der Waals surface area contributed by atoms with E-state index in [1.807, 2.05) is 73.7 Å². The molecule has 1 aromatic heterocycles. The van der Waals surface area contributed by atoms with Gasteiger partial charge in [0.25, 0.3) is 5.91 Å². The summed E-state index contributed by atoms with van der Waals surface area (Å²) in [5, 5.41) is 2.92. The predicted octanol–water partition coefficient (Wildman–Crippen LogP) is 6.04. The van der Waals surface area contributed by atoms with Gasteiger partial charge in [0.15, 0.2) is 0 Å². The summed E-state index contributed by atoms with van der Waals surface area (Å²) < 4.78 is 11.6. The van der Waals surface area contributed by atoms with Gasteiger partial charge in [0.2, 0.25) is 5.89 Å². The van der Waals surface area contributed by atoms with Crippen LogP contribution >= 0.6 is 0 Å². The molecule has 0 saturated heterocycles. The normalized spacial score (nSPS) is 10.6. The zero-order valence-electron chi connectivity index (χ0n) is 17.6. The molecule has 0 radical (unpaired) electrons. The number of carbonyl (C=O) groups excluding carboxylic acids is 1. The molecule has 0 aliphatic rings. The SMILES string of the molecule is CCc1ccc(NC(=O)c2ccc(-c3nc(COc4ccccc4)c(C)o3)cc2)cc1. The first-order valence-electron chi connectivity index (χ1n) is 10.3. The average molecular weight is 412 g/mol. The lowest BCUT2D eigenvalue weighted by molar-refractivity contribution is 0.102. The number of carbonyl (C=O) groups is 1. The molecule has 0 fully saturated rings. The lowest BCUT2D eigenvalue weighted by Gasteiger charge is -2.06. The molecule has 1 amide bonds. The number of ether oxygens (including phenoxy) is 1. The highest BCUT2D eigenvalue weighted by Crippen LogP contribution is 2.23. The summed E-state index contributed by atoms with van der Waals surface area (Å²) in [6, 6.07) is 24.7. The number of rotatable bonds is 7. The van der Waals surface area contributed by atoms with Gasteiger partial charge >= 0.3 is 0 Å². The summed E-state index contributed by atoms with van der Waals surface area (Å²) in [7, 11) is 0.